The second-order valence-corrected chi connectivity index (χ2v) is 9.65. The maximum Gasteiger partial charge on any atom is 0.249 e. The summed E-state index contributed by atoms with van der Waals surface area (Å²) >= 11 is 0. The van der Waals surface area contributed by atoms with Crippen molar-refractivity contribution in [1.29, 1.82) is 0 Å². The molecule has 1 aliphatic heterocycles. The molecule has 2 aromatic carbocycles. The van der Waals surface area contributed by atoms with E-state index in [0.717, 1.165) is 42.7 Å². The molecule has 0 spiro atoms. The molecule has 4 N–H and O–H groups in total. The molecule has 2 atom stereocenters. The van der Waals surface area contributed by atoms with Crippen LogP contribution in [0.25, 0.3) is 11.0 Å². The summed E-state index contributed by atoms with van der Waals surface area (Å²) in [5.74, 6) is 1.19. The smallest absolute Gasteiger partial charge is 0.249 e. The van der Waals surface area contributed by atoms with Crippen LogP contribution in [0.2, 0.25) is 0 Å². The Bertz CT molecular complexity index is 1240. The number of benzene rings is 2. The fraction of sp³-hybridized carbons (Fsp3) is 0.464. The van der Waals surface area contributed by atoms with E-state index in [4.69, 9.17) is 25.9 Å². The lowest BCUT2D eigenvalue weighted by Crippen LogP contribution is -2.42. The van der Waals surface area contributed by atoms with Crippen LogP contribution in [-0.2, 0) is 22.5 Å². The molecule has 2 heterocycles. The number of nitrogens with zero attached hydrogens (tertiary/aromatic N) is 3. The minimum absolute atomic E-state index is 0.00904. The van der Waals surface area contributed by atoms with E-state index in [-0.39, 0.29) is 18.2 Å². The predicted octanol–water partition coefficient (Wildman–Crippen LogP) is 2.85. The number of imidazole rings is 1. The molecule has 198 valence electrons. The molecule has 9 nitrogen and oxygen atoms in total. The molecule has 4 rings (SSSR count). The van der Waals surface area contributed by atoms with Gasteiger partial charge in [-0.15, -0.1) is 0 Å². The summed E-state index contributed by atoms with van der Waals surface area (Å²) in [5, 5.41) is 0. The number of hydrogen-bond donors (Lipinski definition) is 2. The minimum atomic E-state index is -0.542. The van der Waals surface area contributed by atoms with Gasteiger partial charge < -0.3 is 30.4 Å². The number of aromatic nitrogens is 2. The fourth-order valence-electron chi connectivity index (χ4n) is 5.31. The molecule has 0 saturated carbocycles. The predicted molar refractivity (Wildman–Crippen MR) is 143 cm³/mol. The van der Waals surface area contributed by atoms with Gasteiger partial charge in [0, 0.05) is 62.9 Å². The van der Waals surface area contributed by atoms with Crippen molar-refractivity contribution in [1.82, 2.24) is 14.5 Å². The topological polar surface area (TPSA) is 126 Å². The summed E-state index contributed by atoms with van der Waals surface area (Å²) in [4.78, 5) is 32.1. The van der Waals surface area contributed by atoms with Crippen molar-refractivity contribution in [2.24, 2.45) is 11.5 Å². The van der Waals surface area contributed by atoms with Crippen molar-refractivity contribution in [2.45, 2.75) is 50.6 Å². The van der Waals surface area contributed by atoms with Crippen LogP contribution >= 0.6 is 0 Å². The van der Waals surface area contributed by atoms with E-state index in [9.17, 15) is 9.59 Å². The number of piperidine rings is 1. The summed E-state index contributed by atoms with van der Waals surface area (Å²) in [6.45, 7) is 2.82. The Morgan fingerprint density at radius 3 is 2.73 bits per heavy atom. The second kappa shape index (κ2) is 12.2. The molecule has 1 saturated heterocycles. The van der Waals surface area contributed by atoms with Crippen LogP contribution in [-0.4, -0.2) is 66.2 Å². The lowest BCUT2D eigenvalue weighted by atomic mass is 9.95. The number of amides is 2. The SMILES string of the molecule is COCCCn1c([C@@H]2CCCN(C(=O)C[C@@H](N)Cc3c(OC)cccc3C(N)=O)C2)nc2ccccc21. The molecular formula is C28H37N5O4. The van der Waals surface area contributed by atoms with Crippen molar-refractivity contribution in [2.75, 3.05) is 33.9 Å². The lowest BCUT2D eigenvalue weighted by molar-refractivity contribution is -0.132. The number of rotatable bonds is 11. The average Bonchev–Trinajstić information content (AvgIpc) is 3.27. The van der Waals surface area contributed by atoms with Gasteiger partial charge in [-0.25, -0.2) is 4.98 Å². The van der Waals surface area contributed by atoms with Gasteiger partial charge in [0.25, 0.3) is 0 Å². The van der Waals surface area contributed by atoms with Crippen LogP contribution in [0.15, 0.2) is 42.5 Å². The number of aryl methyl sites for hydroxylation is 1. The maximum absolute atomic E-state index is 13.3. The zero-order chi connectivity index (χ0) is 26.4. The van der Waals surface area contributed by atoms with Crippen LogP contribution in [0.4, 0.5) is 0 Å². The van der Waals surface area contributed by atoms with E-state index in [1.54, 1.807) is 25.3 Å². The number of fused-ring (bicyclic) bond motifs is 1. The van der Waals surface area contributed by atoms with E-state index in [0.29, 0.717) is 43.0 Å². The minimum Gasteiger partial charge on any atom is -0.496 e. The highest BCUT2D eigenvalue weighted by Gasteiger charge is 2.29. The monoisotopic (exact) mass is 507 g/mol. The van der Waals surface area contributed by atoms with Gasteiger partial charge in [0.1, 0.15) is 11.6 Å². The van der Waals surface area contributed by atoms with Crippen LogP contribution in [0.5, 0.6) is 5.75 Å². The van der Waals surface area contributed by atoms with E-state index in [1.165, 1.54) is 7.11 Å². The van der Waals surface area contributed by atoms with Gasteiger partial charge in [-0.2, -0.15) is 0 Å². The van der Waals surface area contributed by atoms with Crippen molar-refractivity contribution in [3.63, 3.8) is 0 Å². The van der Waals surface area contributed by atoms with E-state index < -0.39 is 11.9 Å². The third-order valence-electron chi connectivity index (χ3n) is 7.08. The first-order chi connectivity index (χ1) is 17.9. The summed E-state index contributed by atoms with van der Waals surface area (Å²) < 4.78 is 13.0. The number of nitrogens with two attached hydrogens (primary N) is 2. The number of carbonyl (C=O) groups is 2. The van der Waals surface area contributed by atoms with Crippen molar-refractivity contribution >= 4 is 22.8 Å². The number of methoxy groups -OCH3 is 2. The molecule has 2 amide bonds. The second-order valence-electron chi connectivity index (χ2n) is 9.65. The quantitative estimate of drug-likeness (QED) is 0.385. The van der Waals surface area contributed by atoms with E-state index in [1.807, 2.05) is 23.1 Å². The Kier molecular flexibility index (Phi) is 8.78. The van der Waals surface area contributed by atoms with Crippen molar-refractivity contribution < 1.29 is 19.1 Å². The summed E-state index contributed by atoms with van der Waals surface area (Å²) in [5.41, 5.74) is 15.1. The summed E-state index contributed by atoms with van der Waals surface area (Å²) in [6, 6.07) is 12.8. The maximum atomic E-state index is 13.3. The number of likely N-dealkylation sites (tertiary alicyclic amines) is 1. The molecule has 0 unspecified atom stereocenters. The summed E-state index contributed by atoms with van der Waals surface area (Å²) in [7, 11) is 3.25. The zero-order valence-electron chi connectivity index (χ0n) is 21.7. The third kappa shape index (κ3) is 6.11. The Morgan fingerprint density at radius 1 is 1.16 bits per heavy atom. The van der Waals surface area contributed by atoms with Gasteiger partial charge in [0.15, 0.2) is 0 Å². The molecule has 1 aromatic heterocycles. The number of hydrogen-bond acceptors (Lipinski definition) is 6. The molecule has 9 heteroatoms. The van der Waals surface area contributed by atoms with Gasteiger partial charge in [-0.3, -0.25) is 9.59 Å². The molecule has 37 heavy (non-hydrogen) atoms. The molecule has 3 aromatic rings. The highest BCUT2D eigenvalue weighted by molar-refractivity contribution is 5.95. The fourth-order valence-corrected chi connectivity index (χ4v) is 5.31. The van der Waals surface area contributed by atoms with Crippen LogP contribution in [0.1, 0.15) is 53.3 Å². The Labute approximate surface area is 217 Å². The third-order valence-corrected chi connectivity index (χ3v) is 7.08. The number of ether oxygens (including phenoxy) is 2. The van der Waals surface area contributed by atoms with E-state index >= 15 is 0 Å². The number of carbonyl (C=O) groups excluding carboxylic acids is 2. The molecule has 1 fully saturated rings. The van der Waals surface area contributed by atoms with Gasteiger partial charge in [-0.1, -0.05) is 18.2 Å². The van der Waals surface area contributed by atoms with Gasteiger partial charge >= 0.3 is 0 Å². The van der Waals surface area contributed by atoms with E-state index in [2.05, 4.69) is 10.6 Å². The largest absolute Gasteiger partial charge is 0.496 e. The first kappa shape index (κ1) is 26.6. The van der Waals surface area contributed by atoms with Gasteiger partial charge in [0.05, 0.1) is 18.1 Å². The highest BCUT2D eigenvalue weighted by atomic mass is 16.5. The standard InChI is InChI=1S/C28H37N5O4/c1-36-15-7-14-33-24-11-4-3-10-23(24)31-28(33)19-8-6-13-32(18-19)26(34)17-20(29)16-22-21(27(30)35)9-5-12-25(22)37-2/h3-5,9-12,19-20H,6-8,13-18,29H2,1-2H3,(H2,30,35)/t19-,20+/m1/s1. The number of para-hydroxylation sites is 2. The number of primary amides is 1. The molecule has 1 aliphatic rings. The molecule has 0 radical (unpaired) electrons. The highest BCUT2D eigenvalue weighted by Crippen LogP contribution is 2.30. The zero-order valence-corrected chi connectivity index (χ0v) is 21.7. The van der Waals surface area contributed by atoms with Crippen molar-refractivity contribution in [3.8, 4) is 5.75 Å². The van der Waals surface area contributed by atoms with Gasteiger partial charge in [-0.05, 0) is 49.9 Å². The van der Waals surface area contributed by atoms with Crippen LogP contribution in [0, 0.1) is 0 Å². The Morgan fingerprint density at radius 2 is 1.97 bits per heavy atom. The average molecular weight is 508 g/mol. The lowest BCUT2D eigenvalue weighted by Gasteiger charge is -2.33. The Hall–Kier alpha value is -3.43. The molecule has 0 aliphatic carbocycles. The molecular weight excluding hydrogens is 470 g/mol. The Balaban J connectivity index is 1.46. The molecule has 0 bridgehead atoms. The van der Waals surface area contributed by atoms with Crippen LogP contribution < -0.4 is 16.2 Å². The van der Waals surface area contributed by atoms with Gasteiger partial charge in [0.2, 0.25) is 11.8 Å². The summed E-state index contributed by atoms with van der Waals surface area (Å²) in [6.07, 6.45) is 3.27. The first-order valence-electron chi connectivity index (χ1n) is 12.9. The van der Waals surface area contributed by atoms with Crippen LogP contribution in [0.3, 0.4) is 0 Å². The van der Waals surface area contributed by atoms with Crippen molar-refractivity contribution in [3.05, 3.63) is 59.4 Å². The normalized spacial score (nSPS) is 16.6. The first-order valence-corrected chi connectivity index (χ1v) is 12.9.